The summed E-state index contributed by atoms with van der Waals surface area (Å²) in [6, 6.07) is 18.5. The molecule has 1 aliphatic heterocycles. The normalized spacial score (nSPS) is 15.2. The van der Waals surface area contributed by atoms with E-state index in [1.165, 1.54) is 22.5 Å². The molecule has 8 nitrogen and oxygen atoms in total. The molecule has 0 aliphatic carbocycles. The lowest BCUT2D eigenvalue weighted by Gasteiger charge is -2.35. The summed E-state index contributed by atoms with van der Waals surface area (Å²) in [6.07, 6.45) is -0.846. The molecular weight excluding hydrogens is 537 g/mol. The van der Waals surface area contributed by atoms with Crippen molar-refractivity contribution in [3.63, 3.8) is 0 Å². The first-order chi connectivity index (χ1) is 17.7. The van der Waals surface area contributed by atoms with Gasteiger partial charge in [0.1, 0.15) is 11.5 Å². The number of nitrogens with zero attached hydrogens (tertiary/aromatic N) is 2. The Kier molecular flexibility index (Phi) is 8.49. The molecule has 0 spiro atoms. The van der Waals surface area contributed by atoms with E-state index in [0.717, 1.165) is 11.4 Å². The van der Waals surface area contributed by atoms with Crippen LogP contribution in [0.5, 0.6) is 11.5 Å². The second-order valence-corrected chi connectivity index (χ2v) is 11.2. The molecule has 0 saturated carbocycles. The lowest BCUT2D eigenvalue weighted by atomic mass is 10.2. The molecular formula is C26H27Cl2N3O5S. The molecule has 0 bridgehead atoms. The van der Waals surface area contributed by atoms with E-state index in [9.17, 15) is 13.2 Å². The monoisotopic (exact) mass is 563 g/mol. The summed E-state index contributed by atoms with van der Waals surface area (Å²) in [5.41, 5.74) is 1.39. The van der Waals surface area contributed by atoms with Gasteiger partial charge in [-0.3, -0.25) is 4.79 Å². The first-order valence-electron chi connectivity index (χ1n) is 11.6. The fraction of sp³-hybridized carbons (Fsp3) is 0.269. The van der Waals surface area contributed by atoms with Gasteiger partial charge < -0.3 is 19.7 Å². The van der Waals surface area contributed by atoms with Gasteiger partial charge >= 0.3 is 0 Å². The maximum Gasteiger partial charge on any atom is 0.265 e. The van der Waals surface area contributed by atoms with Crippen LogP contribution in [0.3, 0.4) is 0 Å². The van der Waals surface area contributed by atoms with Crippen LogP contribution in [0.2, 0.25) is 10.0 Å². The molecule has 37 heavy (non-hydrogen) atoms. The maximum atomic E-state index is 13.2. The molecule has 0 radical (unpaired) electrons. The molecule has 1 aliphatic rings. The van der Waals surface area contributed by atoms with E-state index in [0.29, 0.717) is 47.7 Å². The van der Waals surface area contributed by atoms with E-state index >= 15 is 0 Å². The molecule has 1 N–H and O–H groups in total. The molecule has 196 valence electrons. The van der Waals surface area contributed by atoms with Crippen LogP contribution in [0, 0.1) is 0 Å². The van der Waals surface area contributed by atoms with Crippen LogP contribution in [0.1, 0.15) is 6.92 Å². The number of methoxy groups -OCH3 is 1. The Morgan fingerprint density at radius 2 is 1.62 bits per heavy atom. The summed E-state index contributed by atoms with van der Waals surface area (Å²) >= 11 is 12.0. The zero-order chi connectivity index (χ0) is 26.6. The predicted octanol–water partition coefficient (Wildman–Crippen LogP) is 4.92. The van der Waals surface area contributed by atoms with E-state index in [4.69, 9.17) is 32.7 Å². The highest BCUT2D eigenvalue weighted by Crippen LogP contribution is 2.30. The highest BCUT2D eigenvalue weighted by molar-refractivity contribution is 7.89. The van der Waals surface area contributed by atoms with Crippen molar-refractivity contribution in [2.45, 2.75) is 17.9 Å². The topological polar surface area (TPSA) is 88.2 Å². The van der Waals surface area contributed by atoms with Crippen molar-refractivity contribution in [2.75, 3.05) is 43.5 Å². The highest BCUT2D eigenvalue weighted by Gasteiger charge is 2.29. The second kappa shape index (κ2) is 11.6. The number of piperazine rings is 1. The number of amides is 1. The Bertz CT molecular complexity index is 1360. The van der Waals surface area contributed by atoms with E-state index in [1.807, 2.05) is 24.3 Å². The Balaban J connectivity index is 1.36. The lowest BCUT2D eigenvalue weighted by Crippen LogP contribution is -2.48. The van der Waals surface area contributed by atoms with Crippen molar-refractivity contribution < 1.29 is 22.7 Å². The van der Waals surface area contributed by atoms with Crippen LogP contribution in [-0.4, -0.2) is 58.0 Å². The van der Waals surface area contributed by atoms with Crippen LogP contribution in [-0.2, 0) is 14.8 Å². The number of sulfonamides is 1. The van der Waals surface area contributed by atoms with Crippen LogP contribution in [0.25, 0.3) is 0 Å². The standard InChI is InChI=1S/C26H27Cl2N3O5S/c1-18(36-24-12-7-19(27)17-22(24)28)26(32)29-20-8-10-21(11-9-20)37(33,34)31-15-13-30(14-16-31)23-5-3-4-6-25(23)35-2/h3-12,17-18H,13-16H2,1-2H3,(H,29,32). The number of ether oxygens (including phenoxy) is 2. The quantitative estimate of drug-likeness (QED) is 0.418. The van der Waals surface area contributed by atoms with Gasteiger partial charge in [-0.15, -0.1) is 0 Å². The van der Waals surface area contributed by atoms with Crippen molar-refractivity contribution in [1.82, 2.24) is 4.31 Å². The number of para-hydroxylation sites is 2. The number of hydrogen-bond donors (Lipinski definition) is 1. The summed E-state index contributed by atoms with van der Waals surface area (Å²) in [4.78, 5) is 14.8. The van der Waals surface area contributed by atoms with Gasteiger partial charge in [-0.25, -0.2) is 8.42 Å². The molecule has 1 saturated heterocycles. The Labute approximate surface area is 226 Å². The minimum absolute atomic E-state index is 0.161. The zero-order valence-electron chi connectivity index (χ0n) is 20.4. The average Bonchev–Trinajstić information content (AvgIpc) is 2.90. The van der Waals surface area contributed by atoms with Gasteiger partial charge in [0, 0.05) is 36.9 Å². The van der Waals surface area contributed by atoms with Crippen molar-refractivity contribution in [3.05, 3.63) is 76.8 Å². The van der Waals surface area contributed by atoms with Crippen molar-refractivity contribution in [1.29, 1.82) is 0 Å². The lowest BCUT2D eigenvalue weighted by molar-refractivity contribution is -0.122. The molecule has 1 atom stereocenters. The predicted molar refractivity (Wildman–Crippen MR) is 146 cm³/mol. The summed E-state index contributed by atoms with van der Waals surface area (Å²) in [7, 11) is -2.06. The highest BCUT2D eigenvalue weighted by atomic mass is 35.5. The minimum Gasteiger partial charge on any atom is -0.495 e. The molecule has 4 rings (SSSR count). The van der Waals surface area contributed by atoms with Crippen molar-refractivity contribution in [3.8, 4) is 11.5 Å². The summed E-state index contributed by atoms with van der Waals surface area (Å²) in [5, 5.41) is 3.48. The largest absolute Gasteiger partial charge is 0.495 e. The maximum absolute atomic E-state index is 13.2. The molecule has 11 heteroatoms. The average molecular weight is 564 g/mol. The Morgan fingerprint density at radius 1 is 0.946 bits per heavy atom. The zero-order valence-corrected chi connectivity index (χ0v) is 22.7. The van der Waals surface area contributed by atoms with Crippen molar-refractivity contribution >= 4 is 50.5 Å². The molecule has 1 unspecified atom stereocenters. The molecule has 3 aromatic carbocycles. The number of halogens is 2. The van der Waals surface area contributed by atoms with Gasteiger partial charge in [-0.05, 0) is 61.5 Å². The molecule has 0 aromatic heterocycles. The number of carbonyl (C=O) groups is 1. The van der Waals surface area contributed by atoms with Gasteiger partial charge in [-0.2, -0.15) is 4.31 Å². The fourth-order valence-electron chi connectivity index (χ4n) is 3.98. The smallest absolute Gasteiger partial charge is 0.265 e. The molecule has 1 fully saturated rings. The van der Waals surface area contributed by atoms with E-state index in [-0.39, 0.29) is 4.90 Å². The minimum atomic E-state index is -3.68. The van der Waals surface area contributed by atoms with E-state index in [1.54, 1.807) is 38.3 Å². The molecule has 1 heterocycles. The van der Waals surface area contributed by atoms with Crippen LogP contribution >= 0.6 is 23.2 Å². The summed E-state index contributed by atoms with van der Waals surface area (Å²) < 4.78 is 38.9. The van der Waals surface area contributed by atoms with Crippen LogP contribution in [0.15, 0.2) is 71.6 Å². The van der Waals surface area contributed by atoms with Crippen LogP contribution < -0.4 is 19.7 Å². The number of carbonyl (C=O) groups excluding carboxylic acids is 1. The molecule has 1 amide bonds. The van der Waals surface area contributed by atoms with Gasteiger partial charge in [0.05, 0.1) is 22.7 Å². The SMILES string of the molecule is COc1ccccc1N1CCN(S(=O)(=O)c2ccc(NC(=O)C(C)Oc3ccc(Cl)cc3Cl)cc2)CC1. The van der Waals surface area contributed by atoms with Crippen LogP contribution in [0.4, 0.5) is 11.4 Å². The fourth-order valence-corrected chi connectivity index (χ4v) is 5.85. The van der Waals surface area contributed by atoms with E-state index < -0.39 is 22.0 Å². The number of rotatable bonds is 8. The third-order valence-electron chi connectivity index (χ3n) is 5.99. The Hall–Kier alpha value is -2.98. The summed E-state index contributed by atoms with van der Waals surface area (Å²) in [6.45, 7) is 3.37. The number of benzene rings is 3. The summed E-state index contributed by atoms with van der Waals surface area (Å²) in [5.74, 6) is 0.683. The van der Waals surface area contributed by atoms with E-state index in [2.05, 4.69) is 10.2 Å². The van der Waals surface area contributed by atoms with Gasteiger partial charge in [0.15, 0.2) is 6.10 Å². The number of anilines is 2. The third-order valence-corrected chi connectivity index (χ3v) is 8.43. The van der Waals surface area contributed by atoms with Gasteiger partial charge in [0.2, 0.25) is 10.0 Å². The van der Waals surface area contributed by atoms with Gasteiger partial charge in [-0.1, -0.05) is 35.3 Å². The number of nitrogens with one attached hydrogen (secondary N) is 1. The first kappa shape index (κ1) is 27.1. The molecule has 3 aromatic rings. The van der Waals surface area contributed by atoms with Crippen molar-refractivity contribution in [2.24, 2.45) is 0 Å². The number of hydrogen-bond acceptors (Lipinski definition) is 6. The first-order valence-corrected chi connectivity index (χ1v) is 13.8. The van der Waals surface area contributed by atoms with Gasteiger partial charge in [0.25, 0.3) is 5.91 Å². The third kappa shape index (κ3) is 6.30. The second-order valence-electron chi connectivity index (χ2n) is 8.41. The Morgan fingerprint density at radius 3 is 2.27 bits per heavy atom.